The molecule has 3 aromatic rings. The third-order valence-corrected chi connectivity index (χ3v) is 8.25. The van der Waals surface area contributed by atoms with Crippen molar-refractivity contribution in [3.8, 4) is 0 Å². The summed E-state index contributed by atoms with van der Waals surface area (Å²) < 4.78 is 27.5. The minimum absolute atomic E-state index is 0.172. The van der Waals surface area contributed by atoms with Gasteiger partial charge in [0.05, 0.1) is 34.8 Å². The number of fused-ring (bicyclic) bond motifs is 1. The zero-order valence-electron chi connectivity index (χ0n) is 20.8. The number of halogens is 1. The van der Waals surface area contributed by atoms with Gasteiger partial charge in [0.2, 0.25) is 0 Å². The molecular weight excluding hydrogens is 494 g/mol. The summed E-state index contributed by atoms with van der Waals surface area (Å²) in [6.45, 7) is 15.3. The van der Waals surface area contributed by atoms with Crippen LogP contribution in [0.5, 0.6) is 0 Å². The quantitative estimate of drug-likeness (QED) is 0.278. The van der Waals surface area contributed by atoms with Crippen LogP contribution in [0, 0.1) is 6.92 Å². The number of hydrogen-bond acceptors (Lipinski definition) is 7. The van der Waals surface area contributed by atoms with Crippen molar-refractivity contribution >= 4 is 56.3 Å². The highest BCUT2D eigenvalue weighted by Gasteiger charge is 2.31. The first kappa shape index (κ1) is 26.8. The summed E-state index contributed by atoms with van der Waals surface area (Å²) in [6.07, 6.45) is 1.05. The number of aromatic nitrogens is 1. The second-order valence-electron chi connectivity index (χ2n) is 10.1. The van der Waals surface area contributed by atoms with Crippen molar-refractivity contribution in [3.05, 3.63) is 45.8 Å². The SMILES string of the molecule is Cc1c([C@@H](C)N[S@+]([O-])C(C)(C)C)sc2c(N(Cc3ccco3)C(=O)OC(C)(C)C)cc(Cl)nc12. The van der Waals surface area contributed by atoms with Gasteiger partial charge in [0.1, 0.15) is 21.3 Å². The van der Waals surface area contributed by atoms with Crippen LogP contribution in [-0.2, 0) is 22.6 Å². The first-order chi connectivity index (χ1) is 15.7. The third-order valence-electron chi connectivity index (χ3n) is 4.89. The molecule has 1 N–H and O–H groups in total. The number of ether oxygens (including phenoxy) is 1. The van der Waals surface area contributed by atoms with Crippen LogP contribution >= 0.6 is 22.9 Å². The van der Waals surface area contributed by atoms with Crippen LogP contribution in [0.15, 0.2) is 28.9 Å². The molecule has 34 heavy (non-hydrogen) atoms. The number of aryl methyl sites for hydroxylation is 1. The topological polar surface area (TPSA) is 90.7 Å². The van der Waals surface area contributed by atoms with Crippen molar-refractivity contribution in [2.75, 3.05) is 4.90 Å². The average Bonchev–Trinajstić information content (AvgIpc) is 3.32. The van der Waals surface area contributed by atoms with E-state index in [0.29, 0.717) is 17.0 Å². The van der Waals surface area contributed by atoms with E-state index >= 15 is 0 Å². The van der Waals surface area contributed by atoms with Crippen LogP contribution in [0.3, 0.4) is 0 Å². The molecule has 0 spiro atoms. The van der Waals surface area contributed by atoms with E-state index in [9.17, 15) is 9.35 Å². The Labute approximate surface area is 213 Å². The van der Waals surface area contributed by atoms with Crippen LogP contribution in [-0.4, -0.2) is 26.0 Å². The van der Waals surface area contributed by atoms with Crippen LogP contribution < -0.4 is 9.62 Å². The van der Waals surface area contributed by atoms with Crippen molar-refractivity contribution < 1.29 is 18.5 Å². The summed E-state index contributed by atoms with van der Waals surface area (Å²) in [5, 5.41) is 0.266. The maximum Gasteiger partial charge on any atom is 0.415 e. The first-order valence-corrected chi connectivity index (χ1v) is 13.3. The molecule has 0 saturated carbocycles. The van der Waals surface area contributed by atoms with Crippen LogP contribution in [0.4, 0.5) is 10.5 Å². The van der Waals surface area contributed by atoms with Gasteiger partial charge in [-0.1, -0.05) is 11.6 Å². The summed E-state index contributed by atoms with van der Waals surface area (Å²) in [4.78, 5) is 20.3. The molecule has 0 aliphatic heterocycles. The molecule has 0 unspecified atom stereocenters. The van der Waals surface area contributed by atoms with Crippen molar-refractivity contribution in [3.63, 3.8) is 0 Å². The number of thiophene rings is 1. The second-order valence-corrected chi connectivity index (χ2v) is 13.5. The molecular formula is C24H32ClN3O4S2. The average molecular weight is 526 g/mol. The molecule has 0 aromatic carbocycles. The lowest BCUT2D eigenvalue weighted by Crippen LogP contribution is -2.40. The Bertz CT molecular complexity index is 1150. The molecule has 1 amide bonds. The zero-order chi connectivity index (χ0) is 25.4. The van der Waals surface area contributed by atoms with E-state index in [1.165, 1.54) is 16.2 Å². The maximum absolute atomic E-state index is 13.3. The Balaban J connectivity index is 2.10. The van der Waals surface area contributed by atoms with E-state index in [4.69, 9.17) is 20.8 Å². The van der Waals surface area contributed by atoms with Gasteiger partial charge in [-0.25, -0.2) is 9.78 Å². The van der Waals surface area contributed by atoms with E-state index < -0.39 is 27.8 Å². The summed E-state index contributed by atoms with van der Waals surface area (Å²) in [5.74, 6) is 0.607. The first-order valence-electron chi connectivity index (χ1n) is 11.0. The molecule has 7 nitrogen and oxygen atoms in total. The van der Waals surface area contributed by atoms with Gasteiger partial charge >= 0.3 is 6.09 Å². The van der Waals surface area contributed by atoms with E-state index in [1.807, 2.05) is 55.4 Å². The second kappa shape index (κ2) is 10.1. The number of amides is 1. The molecule has 10 heteroatoms. The Morgan fingerprint density at radius 3 is 2.59 bits per heavy atom. The lowest BCUT2D eigenvalue weighted by atomic mass is 10.1. The normalized spacial score (nSPS) is 14.3. The van der Waals surface area contributed by atoms with Crippen molar-refractivity contribution in [2.45, 2.75) is 78.3 Å². The Morgan fingerprint density at radius 1 is 1.35 bits per heavy atom. The fraction of sp³-hybridized carbons (Fsp3) is 0.500. The van der Waals surface area contributed by atoms with E-state index in [0.717, 1.165) is 15.1 Å². The molecule has 0 saturated heterocycles. The van der Waals surface area contributed by atoms with Gasteiger partial charge in [-0.05, 0) is 73.1 Å². The molecule has 0 bridgehead atoms. The standard InChI is InChI=1S/C24H32ClN3O4S2/c1-14-19-21(33-20(14)15(2)27-34(30)24(6,7)8)17(12-18(25)26-19)28(13-16-10-9-11-31-16)22(29)32-23(3,4)5/h9-12,15,27H,13H2,1-8H3/t15-,34-/m1/s1. The number of nitrogens with one attached hydrogen (secondary N) is 1. The molecule has 3 rings (SSSR count). The fourth-order valence-corrected chi connectivity index (χ4v) is 5.60. The number of carbonyl (C=O) groups is 1. The molecule has 0 aliphatic carbocycles. The number of rotatable bonds is 6. The number of furan rings is 1. The molecule has 0 fully saturated rings. The third kappa shape index (κ3) is 6.26. The number of hydrogen-bond donors (Lipinski definition) is 1. The van der Waals surface area contributed by atoms with Gasteiger partial charge < -0.3 is 13.7 Å². The van der Waals surface area contributed by atoms with Crippen LogP contribution in [0.1, 0.15) is 70.7 Å². The van der Waals surface area contributed by atoms with Crippen molar-refractivity contribution in [1.82, 2.24) is 9.71 Å². The van der Waals surface area contributed by atoms with Crippen LogP contribution in [0.2, 0.25) is 5.15 Å². The number of anilines is 1. The monoisotopic (exact) mass is 525 g/mol. The minimum atomic E-state index is -1.24. The molecule has 3 aromatic heterocycles. The minimum Gasteiger partial charge on any atom is -0.598 e. The number of nitrogens with zero attached hydrogens (tertiary/aromatic N) is 2. The van der Waals surface area contributed by atoms with E-state index in [1.54, 1.807) is 24.5 Å². The lowest BCUT2D eigenvalue weighted by molar-refractivity contribution is 0.0575. The molecule has 3 heterocycles. The van der Waals surface area contributed by atoms with Crippen molar-refractivity contribution in [1.29, 1.82) is 0 Å². The van der Waals surface area contributed by atoms with Crippen molar-refractivity contribution in [2.24, 2.45) is 0 Å². The van der Waals surface area contributed by atoms with E-state index in [2.05, 4.69) is 9.71 Å². The molecule has 186 valence electrons. The van der Waals surface area contributed by atoms with Gasteiger partial charge in [-0.3, -0.25) is 4.90 Å². The number of carbonyl (C=O) groups excluding carboxylic acids is 1. The zero-order valence-corrected chi connectivity index (χ0v) is 23.2. The van der Waals surface area contributed by atoms with Gasteiger partial charge in [0.15, 0.2) is 0 Å². The van der Waals surface area contributed by atoms with Crippen LogP contribution in [0.25, 0.3) is 10.2 Å². The largest absolute Gasteiger partial charge is 0.598 e. The summed E-state index contributed by atoms with van der Waals surface area (Å²) >= 11 is 6.67. The Kier molecular flexibility index (Phi) is 7.94. The Morgan fingerprint density at radius 2 is 2.03 bits per heavy atom. The smallest absolute Gasteiger partial charge is 0.415 e. The number of pyridine rings is 1. The highest BCUT2D eigenvalue weighted by atomic mass is 35.5. The molecule has 2 atom stereocenters. The predicted octanol–water partition coefficient (Wildman–Crippen LogP) is 6.91. The highest BCUT2D eigenvalue weighted by Crippen LogP contribution is 2.41. The Hall–Kier alpha value is -1.78. The molecule has 0 aliphatic rings. The molecule has 0 radical (unpaired) electrons. The van der Waals surface area contributed by atoms with E-state index in [-0.39, 0.29) is 17.7 Å². The van der Waals surface area contributed by atoms with Gasteiger partial charge in [-0.2, -0.15) is 0 Å². The summed E-state index contributed by atoms with van der Waals surface area (Å²) in [7, 11) is 0. The fourth-order valence-electron chi connectivity index (χ4n) is 3.28. The van der Waals surface area contributed by atoms with Gasteiger partial charge in [-0.15, -0.1) is 16.1 Å². The lowest BCUT2D eigenvalue weighted by Gasteiger charge is -2.27. The predicted molar refractivity (Wildman–Crippen MR) is 140 cm³/mol. The van der Waals surface area contributed by atoms with Gasteiger partial charge in [0, 0.05) is 22.3 Å². The highest BCUT2D eigenvalue weighted by molar-refractivity contribution is 7.90. The summed E-state index contributed by atoms with van der Waals surface area (Å²) in [5.41, 5.74) is 1.53. The van der Waals surface area contributed by atoms with Gasteiger partial charge in [0.25, 0.3) is 0 Å². The maximum atomic E-state index is 13.3. The summed E-state index contributed by atoms with van der Waals surface area (Å²) in [6, 6.07) is 5.05.